The summed E-state index contributed by atoms with van der Waals surface area (Å²) in [5, 5.41) is 6.57. The summed E-state index contributed by atoms with van der Waals surface area (Å²) in [6.07, 6.45) is 8.85. The molecule has 1 aromatic heterocycles. The summed E-state index contributed by atoms with van der Waals surface area (Å²) in [7, 11) is 0. The standard InChI is InChI=1S/C15H29N5O/c1-3-5-12-21-13-6-7-18-15(17-4-2)19-9-11-20-10-8-16-14-20/h8,10,14H,3-7,9,11-13H2,1-2H3,(H2,17,18,19). The molecule has 1 heterocycles. The Balaban J connectivity index is 2.13. The average Bonchev–Trinajstić information content (AvgIpc) is 2.99. The third-order valence-electron chi connectivity index (χ3n) is 2.92. The van der Waals surface area contributed by atoms with Gasteiger partial charge in [0.2, 0.25) is 0 Å². The van der Waals surface area contributed by atoms with Gasteiger partial charge in [0.25, 0.3) is 0 Å². The molecule has 0 spiro atoms. The minimum Gasteiger partial charge on any atom is -0.381 e. The van der Waals surface area contributed by atoms with Gasteiger partial charge in [-0.15, -0.1) is 0 Å². The number of aromatic nitrogens is 2. The fourth-order valence-electron chi connectivity index (χ4n) is 1.77. The van der Waals surface area contributed by atoms with Crippen molar-refractivity contribution in [3.63, 3.8) is 0 Å². The van der Waals surface area contributed by atoms with E-state index in [2.05, 4.69) is 34.5 Å². The molecule has 0 aliphatic rings. The highest BCUT2D eigenvalue weighted by atomic mass is 16.5. The smallest absolute Gasteiger partial charge is 0.191 e. The van der Waals surface area contributed by atoms with E-state index in [-0.39, 0.29) is 0 Å². The summed E-state index contributed by atoms with van der Waals surface area (Å²) < 4.78 is 7.57. The van der Waals surface area contributed by atoms with Crippen molar-refractivity contribution in [1.82, 2.24) is 20.2 Å². The lowest BCUT2D eigenvalue weighted by Gasteiger charge is -2.11. The number of rotatable bonds is 11. The third-order valence-corrected chi connectivity index (χ3v) is 2.92. The fourth-order valence-corrected chi connectivity index (χ4v) is 1.77. The Kier molecular flexibility index (Phi) is 10.2. The fraction of sp³-hybridized carbons (Fsp3) is 0.733. The second kappa shape index (κ2) is 12.2. The molecular weight excluding hydrogens is 266 g/mol. The number of nitrogens with zero attached hydrogens (tertiary/aromatic N) is 3. The lowest BCUT2D eigenvalue weighted by molar-refractivity contribution is 0.130. The van der Waals surface area contributed by atoms with Gasteiger partial charge in [0.05, 0.1) is 6.33 Å². The first-order valence-corrected chi connectivity index (χ1v) is 7.92. The predicted octanol–water partition coefficient (Wildman–Crippen LogP) is 1.65. The highest BCUT2D eigenvalue weighted by molar-refractivity contribution is 5.79. The van der Waals surface area contributed by atoms with Gasteiger partial charge in [-0.25, -0.2) is 4.98 Å². The predicted molar refractivity (Wildman–Crippen MR) is 86.6 cm³/mol. The first kappa shape index (κ1) is 17.5. The number of ether oxygens (including phenoxy) is 1. The Morgan fingerprint density at radius 1 is 1.24 bits per heavy atom. The molecule has 21 heavy (non-hydrogen) atoms. The molecule has 0 radical (unpaired) electrons. The largest absolute Gasteiger partial charge is 0.381 e. The van der Waals surface area contributed by atoms with E-state index in [9.17, 15) is 0 Å². The Labute approximate surface area is 128 Å². The Hall–Kier alpha value is -1.56. The van der Waals surface area contributed by atoms with Crippen molar-refractivity contribution < 1.29 is 4.74 Å². The number of hydrogen-bond donors (Lipinski definition) is 2. The van der Waals surface area contributed by atoms with E-state index in [0.29, 0.717) is 0 Å². The SMILES string of the molecule is CCCCOCCCN=C(NCC)NCCn1ccnc1. The molecule has 0 atom stereocenters. The lowest BCUT2D eigenvalue weighted by atomic mass is 10.4. The summed E-state index contributed by atoms with van der Waals surface area (Å²) in [5.74, 6) is 0.867. The monoisotopic (exact) mass is 295 g/mol. The van der Waals surface area contributed by atoms with Gasteiger partial charge >= 0.3 is 0 Å². The Bertz CT molecular complexity index is 364. The number of guanidine groups is 1. The van der Waals surface area contributed by atoms with E-state index in [1.165, 1.54) is 6.42 Å². The minimum atomic E-state index is 0.784. The number of nitrogens with one attached hydrogen (secondary N) is 2. The summed E-state index contributed by atoms with van der Waals surface area (Å²) >= 11 is 0. The van der Waals surface area contributed by atoms with Gasteiger partial charge in [0.1, 0.15) is 0 Å². The molecule has 0 bridgehead atoms. The number of hydrogen-bond acceptors (Lipinski definition) is 3. The van der Waals surface area contributed by atoms with Crippen molar-refractivity contribution in [1.29, 1.82) is 0 Å². The van der Waals surface area contributed by atoms with E-state index in [0.717, 1.165) is 58.2 Å². The van der Waals surface area contributed by atoms with Gasteiger partial charge in [-0.05, 0) is 19.8 Å². The molecule has 1 rings (SSSR count). The van der Waals surface area contributed by atoms with E-state index in [4.69, 9.17) is 4.74 Å². The van der Waals surface area contributed by atoms with Crippen LogP contribution in [0.3, 0.4) is 0 Å². The minimum absolute atomic E-state index is 0.784. The molecule has 2 N–H and O–H groups in total. The summed E-state index contributed by atoms with van der Waals surface area (Å²) in [4.78, 5) is 8.56. The molecule has 0 saturated heterocycles. The van der Waals surface area contributed by atoms with Crippen molar-refractivity contribution in [2.75, 3.05) is 32.8 Å². The van der Waals surface area contributed by atoms with Gasteiger partial charge in [-0.2, -0.15) is 0 Å². The van der Waals surface area contributed by atoms with Crippen LogP contribution in [0.5, 0.6) is 0 Å². The van der Waals surface area contributed by atoms with Gasteiger partial charge in [-0.3, -0.25) is 4.99 Å². The average molecular weight is 295 g/mol. The van der Waals surface area contributed by atoms with E-state index >= 15 is 0 Å². The quantitative estimate of drug-likeness (QED) is 0.370. The zero-order chi connectivity index (χ0) is 15.2. The third kappa shape index (κ3) is 9.07. The Morgan fingerprint density at radius 3 is 2.81 bits per heavy atom. The van der Waals surface area contributed by atoms with Crippen molar-refractivity contribution in [2.45, 2.75) is 39.7 Å². The number of imidazole rings is 1. The molecule has 6 nitrogen and oxygen atoms in total. The molecule has 0 amide bonds. The van der Waals surface area contributed by atoms with Crippen LogP contribution in [-0.2, 0) is 11.3 Å². The number of aliphatic imine (C=N–C) groups is 1. The van der Waals surface area contributed by atoms with E-state index < -0.39 is 0 Å². The first-order valence-electron chi connectivity index (χ1n) is 7.92. The highest BCUT2D eigenvalue weighted by Crippen LogP contribution is 1.90. The van der Waals surface area contributed by atoms with Gasteiger partial charge < -0.3 is 19.9 Å². The second-order valence-corrected chi connectivity index (χ2v) is 4.81. The maximum atomic E-state index is 5.53. The molecule has 6 heteroatoms. The molecule has 120 valence electrons. The van der Waals surface area contributed by atoms with Crippen LogP contribution in [0.15, 0.2) is 23.7 Å². The van der Waals surface area contributed by atoms with Crippen LogP contribution < -0.4 is 10.6 Å². The summed E-state index contributed by atoms with van der Waals surface area (Å²) in [6.45, 7) is 9.25. The lowest BCUT2D eigenvalue weighted by Crippen LogP contribution is -2.38. The van der Waals surface area contributed by atoms with Crippen LogP contribution in [0, 0.1) is 0 Å². The van der Waals surface area contributed by atoms with Crippen LogP contribution >= 0.6 is 0 Å². The maximum absolute atomic E-state index is 5.53. The molecule has 0 saturated carbocycles. The van der Waals surface area contributed by atoms with Gasteiger partial charge in [0.15, 0.2) is 5.96 Å². The van der Waals surface area contributed by atoms with Crippen LogP contribution in [0.25, 0.3) is 0 Å². The van der Waals surface area contributed by atoms with Gasteiger partial charge in [-0.1, -0.05) is 13.3 Å². The van der Waals surface area contributed by atoms with Crippen molar-refractivity contribution in [3.8, 4) is 0 Å². The molecule has 0 aromatic carbocycles. The van der Waals surface area contributed by atoms with E-state index in [1.54, 1.807) is 6.20 Å². The summed E-state index contributed by atoms with van der Waals surface area (Å²) in [6, 6.07) is 0. The normalized spacial score (nSPS) is 11.6. The zero-order valence-corrected chi connectivity index (χ0v) is 13.3. The van der Waals surface area contributed by atoms with Crippen molar-refractivity contribution in [3.05, 3.63) is 18.7 Å². The van der Waals surface area contributed by atoms with Crippen LogP contribution in [0.1, 0.15) is 33.1 Å². The first-order chi connectivity index (χ1) is 10.4. The molecular formula is C15H29N5O. The van der Waals surface area contributed by atoms with Crippen molar-refractivity contribution in [2.24, 2.45) is 4.99 Å². The molecule has 0 fully saturated rings. The molecule has 0 unspecified atom stereocenters. The highest BCUT2D eigenvalue weighted by Gasteiger charge is 1.97. The van der Waals surface area contributed by atoms with Crippen LogP contribution in [0.4, 0.5) is 0 Å². The molecule has 1 aromatic rings. The topological polar surface area (TPSA) is 63.5 Å². The maximum Gasteiger partial charge on any atom is 0.191 e. The van der Waals surface area contributed by atoms with Gasteiger partial charge in [0, 0.05) is 51.8 Å². The zero-order valence-electron chi connectivity index (χ0n) is 13.3. The summed E-state index contributed by atoms with van der Waals surface area (Å²) in [5.41, 5.74) is 0. The number of unbranched alkanes of at least 4 members (excludes halogenated alkanes) is 1. The second-order valence-electron chi connectivity index (χ2n) is 4.81. The van der Waals surface area contributed by atoms with E-state index in [1.807, 2.05) is 17.1 Å². The van der Waals surface area contributed by atoms with Crippen molar-refractivity contribution >= 4 is 5.96 Å². The molecule has 0 aliphatic carbocycles. The molecule has 0 aliphatic heterocycles. The Morgan fingerprint density at radius 2 is 2.10 bits per heavy atom. The van der Waals surface area contributed by atoms with Crippen LogP contribution in [0.2, 0.25) is 0 Å². The van der Waals surface area contributed by atoms with Crippen LogP contribution in [-0.4, -0.2) is 48.4 Å².